The number of ether oxygens (including phenoxy) is 1. The van der Waals surface area contributed by atoms with Crippen LogP contribution in [0.5, 0.6) is 5.75 Å². The highest BCUT2D eigenvalue weighted by Crippen LogP contribution is 2.25. The minimum absolute atomic E-state index is 0.334. The van der Waals surface area contributed by atoms with Crippen LogP contribution in [0.25, 0.3) is 0 Å². The molecule has 0 bridgehead atoms. The number of benzene rings is 2. The Morgan fingerprint density at radius 3 is 2.25 bits per heavy atom. The molecule has 0 fully saturated rings. The molecule has 2 aromatic carbocycles. The van der Waals surface area contributed by atoms with Gasteiger partial charge in [0.25, 0.3) is 0 Å². The van der Waals surface area contributed by atoms with Crippen molar-refractivity contribution in [3.05, 3.63) is 65.5 Å². The van der Waals surface area contributed by atoms with Crippen molar-refractivity contribution in [3.8, 4) is 5.75 Å². The highest BCUT2D eigenvalue weighted by atomic mass is 35.5. The number of halogens is 2. The lowest BCUT2D eigenvalue weighted by molar-refractivity contribution is -0.113. The Labute approximate surface area is 122 Å². The second-order valence-electron chi connectivity index (χ2n) is 4.46. The van der Waals surface area contributed by atoms with E-state index >= 15 is 0 Å². The van der Waals surface area contributed by atoms with Crippen LogP contribution in [-0.2, 0) is 11.2 Å². The Balaban J connectivity index is 2.20. The second kappa shape index (κ2) is 6.53. The number of hydrogen-bond donors (Lipinski definition) is 0. The van der Waals surface area contributed by atoms with E-state index in [0.29, 0.717) is 12.0 Å². The van der Waals surface area contributed by atoms with Gasteiger partial charge in [-0.2, -0.15) is 0 Å². The van der Waals surface area contributed by atoms with Crippen LogP contribution < -0.4 is 4.74 Å². The molecule has 2 rings (SSSR count). The molecule has 0 aliphatic rings. The maximum atomic E-state index is 12.9. The zero-order valence-electron chi connectivity index (χ0n) is 11.0. The highest BCUT2D eigenvalue weighted by molar-refractivity contribution is 6.64. The van der Waals surface area contributed by atoms with Crippen molar-refractivity contribution in [1.29, 1.82) is 0 Å². The molecule has 0 amide bonds. The molecule has 0 aliphatic carbocycles. The third kappa shape index (κ3) is 3.58. The third-order valence-electron chi connectivity index (χ3n) is 3.15. The van der Waals surface area contributed by atoms with E-state index in [1.54, 1.807) is 19.2 Å². The van der Waals surface area contributed by atoms with E-state index in [-0.39, 0.29) is 5.82 Å². The van der Waals surface area contributed by atoms with Crippen LogP contribution in [0, 0.1) is 5.82 Å². The molecule has 0 radical (unpaired) electrons. The SMILES string of the molecule is COc1ccc(CC(C(=O)Cl)c2ccc(F)cc2)cc1. The molecule has 0 N–H and O–H groups in total. The quantitative estimate of drug-likeness (QED) is 0.781. The van der Waals surface area contributed by atoms with E-state index in [0.717, 1.165) is 11.3 Å². The van der Waals surface area contributed by atoms with Crippen LogP contribution in [0.4, 0.5) is 4.39 Å². The van der Waals surface area contributed by atoms with Gasteiger partial charge in [-0.15, -0.1) is 0 Å². The molecule has 0 saturated heterocycles. The first-order chi connectivity index (χ1) is 9.60. The topological polar surface area (TPSA) is 26.3 Å². The molecule has 4 heteroatoms. The summed E-state index contributed by atoms with van der Waals surface area (Å²) < 4.78 is 18.0. The van der Waals surface area contributed by atoms with Gasteiger partial charge in [0.05, 0.1) is 13.0 Å². The largest absolute Gasteiger partial charge is 0.497 e. The normalized spacial score (nSPS) is 11.9. The lowest BCUT2D eigenvalue weighted by atomic mass is 9.93. The highest BCUT2D eigenvalue weighted by Gasteiger charge is 2.19. The van der Waals surface area contributed by atoms with Gasteiger partial charge < -0.3 is 4.74 Å². The van der Waals surface area contributed by atoms with Gasteiger partial charge in [-0.1, -0.05) is 24.3 Å². The predicted octanol–water partition coefficient (Wildman–Crippen LogP) is 3.93. The fourth-order valence-corrected chi connectivity index (χ4v) is 2.22. The van der Waals surface area contributed by atoms with Crippen LogP contribution in [0.2, 0.25) is 0 Å². The van der Waals surface area contributed by atoms with Crippen LogP contribution >= 0.6 is 11.6 Å². The van der Waals surface area contributed by atoms with E-state index in [2.05, 4.69) is 0 Å². The van der Waals surface area contributed by atoms with E-state index < -0.39 is 11.2 Å². The van der Waals surface area contributed by atoms with Gasteiger partial charge in [0, 0.05) is 0 Å². The van der Waals surface area contributed by atoms with E-state index in [1.165, 1.54) is 12.1 Å². The standard InChI is InChI=1S/C16H14ClFO2/c1-20-14-8-2-11(3-9-14)10-15(16(17)19)12-4-6-13(18)7-5-12/h2-9,15H,10H2,1H3. The second-order valence-corrected chi connectivity index (χ2v) is 4.83. The lowest BCUT2D eigenvalue weighted by Crippen LogP contribution is -2.10. The molecular weight excluding hydrogens is 279 g/mol. The van der Waals surface area contributed by atoms with Gasteiger partial charge in [0.1, 0.15) is 11.6 Å². The Morgan fingerprint density at radius 1 is 1.15 bits per heavy atom. The van der Waals surface area contributed by atoms with Gasteiger partial charge in [-0.3, -0.25) is 4.79 Å². The van der Waals surface area contributed by atoms with E-state index in [9.17, 15) is 9.18 Å². The molecular formula is C16H14ClFO2. The molecule has 0 aliphatic heterocycles. The first-order valence-electron chi connectivity index (χ1n) is 6.18. The Bertz CT molecular complexity index is 578. The first-order valence-corrected chi connectivity index (χ1v) is 6.55. The molecule has 0 saturated carbocycles. The molecule has 2 aromatic rings. The van der Waals surface area contributed by atoms with Crippen LogP contribution in [0.15, 0.2) is 48.5 Å². The van der Waals surface area contributed by atoms with Crippen molar-refractivity contribution in [1.82, 2.24) is 0 Å². The van der Waals surface area contributed by atoms with Crippen molar-refractivity contribution < 1.29 is 13.9 Å². The molecule has 104 valence electrons. The van der Waals surface area contributed by atoms with Gasteiger partial charge >= 0.3 is 0 Å². The summed E-state index contributed by atoms with van der Waals surface area (Å²) in [4.78, 5) is 11.6. The molecule has 1 atom stereocenters. The summed E-state index contributed by atoms with van der Waals surface area (Å²) in [6.07, 6.45) is 0.470. The predicted molar refractivity (Wildman–Crippen MR) is 76.7 cm³/mol. The Morgan fingerprint density at radius 2 is 1.75 bits per heavy atom. The van der Waals surface area contributed by atoms with Crippen molar-refractivity contribution in [2.45, 2.75) is 12.3 Å². The summed E-state index contributed by atoms with van der Waals surface area (Å²) >= 11 is 5.67. The fourth-order valence-electron chi connectivity index (χ4n) is 2.02. The fraction of sp³-hybridized carbons (Fsp3) is 0.188. The molecule has 20 heavy (non-hydrogen) atoms. The molecule has 0 spiro atoms. The average Bonchev–Trinajstić information content (AvgIpc) is 2.46. The monoisotopic (exact) mass is 292 g/mol. The summed E-state index contributed by atoms with van der Waals surface area (Å²) in [6.45, 7) is 0. The summed E-state index contributed by atoms with van der Waals surface area (Å²) in [7, 11) is 1.60. The van der Waals surface area contributed by atoms with Crippen molar-refractivity contribution in [2.24, 2.45) is 0 Å². The van der Waals surface area contributed by atoms with Crippen LogP contribution in [0.1, 0.15) is 17.0 Å². The minimum atomic E-state index is -0.481. The number of carbonyl (C=O) groups excluding carboxylic acids is 1. The van der Waals surface area contributed by atoms with Crippen LogP contribution in [-0.4, -0.2) is 12.4 Å². The number of rotatable bonds is 5. The van der Waals surface area contributed by atoms with Crippen molar-refractivity contribution in [3.63, 3.8) is 0 Å². The number of methoxy groups -OCH3 is 1. The van der Waals surface area contributed by atoms with Gasteiger partial charge in [-0.25, -0.2) is 4.39 Å². The van der Waals surface area contributed by atoms with Gasteiger partial charge in [-0.05, 0) is 53.4 Å². The maximum absolute atomic E-state index is 12.9. The maximum Gasteiger partial charge on any atom is 0.229 e. The first kappa shape index (κ1) is 14.5. The lowest BCUT2D eigenvalue weighted by Gasteiger charge is -2.13. The zero-order valence-corrected chi connectivity index (χ0v) is 11.7. The number of carbonyl (C=O) groups is 1. The summed E-state index contributed by atoms with van der Waals surface area (Å²) in [5.41, 5.74) is 1.68. The van der Waals surface area contributed by atoms with Gasteiger partial charge in [0.15, 0.2) is 0 Å². The Hall–Kier alpha value is -1.87. The third-order valence-corrected chi connectivity index (χ3v) is 3.41. The van der Waals surface area contributed by atoms with Crippen molar-refractivity contribution >= 4 is 16.8 Å². The smallest absolute Gasteiger partial charge is 0.229 e. The van der Waals surface area contributed by atoms with Gasteiger partial charge in [0.2, 0.25) is 5.24 Å². The Kier molecular flexibility index (Phi) is 4.74. The van der Waals surface area contributed by atoms with Crippen LogP contribution in [0.3, 0.4) is 0 Å². The molecule has 0 aromatic heterocycles. The van der Waals surface area contributed by atoms with E-state index in [4.69, 9.17) is 16.3 Å². The zero-order chi connectivity index (χ0) is 14.5. The number of hydrogen-bond acceptors (Lipinski definition) is 2. The van der Waals surface area contributed by atoms with Crippen molar-refractivity contribution in [2.75, 3.05) is 7.11 Å². The minimum Gasteiger partial charge on any atom is -0.497 e. The average molecular weight is 293 g/mol. The van der Waals surface area contributed by atoms with E-state index in [1.807, 2.05) is 24.3 Å². The molecule has 2 nitrogen and oxygen atoms in total. The summed E-state index contributed by atoms with van der Waals surface area (Å²) in [5.74, 6) is -0.0612. The molecule has 1 unspecified atom stereocenters. The summed E-state index contributed by atoms with van der Waals surface area (Å²) in [6, 6.07) is 13.3. The molecule has 0 heterocycles. The summed E-state index contributed by atoms with van der Waals surface area (Å²) in [5, 5.41) is -0.451.